The van der Waals surface area contributed by atoms with Crippen LogP contribution in [-0.4, -0.2) is 26.3 Å². The predicted molar refractivity (Wildman–Crippen MR) is 83.6 cm³/mol. The summed E-state index contributed by atoms with van der Waals surface area (Å²) in [5, 5.41) is 3.59. The quantitative estimate of drug-likeness (QED) is 0.936. The summed E-state index contributed by atoms with van der Waals surface area (Å²) in [5.41, 5.74) is 2.46. The molecular weight excluding hydrogens is 262 g/mol. The Bertz CT molecular complexity index is 562. The fourth-order valence-corrected chi connectivity index (χ4v) is 2.79. The second-order valence-corrected chi connectivity index (χ2v) is 5.36. The van der Waals surface area contributed by atoms with Crippen LogP contribution in [0, 0.1) is 0 Å². The molecule has 0 spiro atoms. The van der Waals surface area contributed by atoms with E-state index in [1.165, 1.54) is 5.56 Å². The minimum atomic E-state index is 0.0631. The van der Waals surface area contributed by atoms with Crippen molar-refractivity contribution in [1.29, 1.82) is 0 Å². The van der Waals surface area contributed by atoms with Crippen molar-refractivity contribution in [2.24, 2.45) is 0 Å². The van der Waals surface area contributed by atoms with Gasteiger partial charge in [-0.2, -0.15) is 0 Å². The number of methoxy groups -OCH3 is 1. The van der Waals surface area contributed by atoms with E-state index in [2.05, 4.69) is 35.6 Å². The van der Waals surface area contributed by atoms with Crippen LogP contribution >= 0.6 is 0 Å². The standard InChI is InChI=1S/C18H21NO2/c1-20-17-10-6-5-9-16(17)18-12-19-15(13-21-18)11-14-7-3-2-4-8-14/h2-10,15,18-19H,11-13H2,1H3. The number of ether oxygens (including phenoxy) is 2. The van der Waals surface area contributed by atoms with Crippen LogP contribution in [0.15, 0.2) is 54.6 Å². The fourth-order valence-electron chi connectivity index (χ4n) is 2.79. The van der Waals surface area contributed by atoms with Gasteiger partial charge in [0.05, 0.1) is 19.8 Å². The summed E-state index contributed by atoms with van der Waals surface area (Å²) in [5.74, 6) is 0.894. The molecule has 0 bridgehead atoms. The molecule has 2 atom stereocenters. The Morgan fingerprint density at radius 1 is 1.10 bits per heavy atom. The van der Waals surface area contributed by atoms with Gasteiger partial charge < -0.3 is 14.8 Å². The van der Waals surface area contributed by atoms with Gasteiger partial charge in [-0.25, -0.2) is 0 Å². The van der Waals surface area contributed by atoms with Crippen molar-refractivity contribution >= 4 is 0 Å². The highest BCUT2D eigenvalue weighted by atomic mass is 16.5. The first kappa shape index (κ1) is 14.1. The zero-order chi connectivity index (χ0) is 14.5. The normalized spacial score (nSPS) is 22.0. The van der Waals surface area contributed by atoms with Gasteiger partial charge in [-0.3, -0.25) is 0 Å². The molecule has 1 heterocycles. The highest BCUT2D eigenvalue weighted by molar-refractivity contribution is 5.35. The summed E-state index contributed by atoms with van der Waals surface area (Å²) in [6, 6.07) is 19.0. The van der Waals surface area contributed by atoms with Crippen LogP contribution in [0.4, 0.5) is 0 Å². The average Bonchev–Trinajstić information content (AvgIpc) is 2.56. The predicted octanol–water partition coefficient (Wildman–Crippen LogP) is 2.97. The van der Waals surface area contributed by atoms with Crippen LogP contribution in [0.25, 0.3) is 0 Å². The van der Waals surface area contributed by atoms with Gasteiger partial charge in [0.25, 0.3) is 0 Å². The molecule has 0 aromatic heterocycles. The van der Waals surface area contributed by atoms with Crippen molar-refractivity contribution in [3.05, 3.63) is 65.7 Å². The lowest BCUT2D eigenvalue weighted by atomic mass is 10.0. The van der Waals surface area contributed by atoms with Crippen LogP contribution in [0.5, 0.6) is 5.75 Å². The van der Waals surface area contributed by atoms with Crippen LogP contribution < -0.4 is 10.1 Å². The molecular formula is C18H21NO2. The van der Waals surface area contributed by atoms with Gasteiger partial charge in [0.15, 0.2) is 0 Å². The van der Waals surface area contributed by atoms with Gasteiger partial charge in [-0.15, -0.1) is 0 Å². The Balaban J connectivity index is 1.60. The highest BCUT2D eigenvalue weighted by Gasteiger charge is 2.24. The summed E-state index contributed by atoms with van der Waals surface area (Å²) in [6.07, 6.45) is 1.06. The molecule has 1 N–H and O–H groups in total. The lowest BCUT2D eigenvalue weighted by Gasteiger charge is -2.31. The van der Waals surface area contributed by atoms with E-state index in [1.807, 2.05) is 24.3 Å². The van der Waals surface area contributed by atoms with Crippen molar-refractivity contribution in [1.82, 2.24) is 5.32 Å². The minimum Gasteiger partial charge on any atom is -0.496 e. The van der Waals surface area contributed by atoms with Gasteiger partial charge in [0.2, 0.25) is 0 Å². The Kier molecular flexibility index (Phi) is 4.53. The maximum atomic E-state index is 6.05. The lowest BCUT2D eigenvalue weighted by molar-refractivity contribution is 0.00189. The molecule has 3 heteroatoms. The van der Waals surface area contributed by atoms with Gasteiger partial charge in [-0.05, 0) is 18.1 Å². The SMILES string of the molecule is COc1ccccc1C1CNC(Cc2ccccc2)CO1. The number of hydrogen-bond donors (Lipinski definition) is 1. The molecule has 1 saturated heterocycles. The Labute approximate surface area is 125 Å². The molecule has 3 nitrogen and oxygen atoms in total. The molecule has 1 aliphatic rings. The van der Waals surface area contributed by atoms with E-state index in [1.54, 1.807) is 7.11 Å². The zero-order valence-corrected chi connectivity index (χ0v) is 12.3. The first-order valence-electron chi connectivity index (χ1n) is 7.38. The topological polar surface area (TPSA) is 30.5 Å². The molecule has 0 amide bonds. The van der Waals surface area contributed by atoms with Gasteiger partial charge >= 0.3 is 0 Å². The van der Waals surface area contributed by atoms with Crippen LogP contribution in [0.3, 0.4) is 0 Å². The second kappa shape index (κ2) is 6.74. The molecule has 110 valence electrons. The Morgan fingerprint density at radius 3 is 2.57 bits per heavy atom. The van der Waals surface area contributed by atoms with E-state index >= 15 is 0 Å². The maximum absolute atomic E-state index is 6.05. The van der Waals surface area contributed by atoms with Crippen LogP contribution in [-0.2, 0) is 11.2 Å². The Morgan fingerprint density at radius 2 is 1.86 bits per heavy atom. The molecule has 0 radical (unpaired) electrons. The number of morpholine rings is 1. The summed E-state index contributed by atoms with van der Waals surface area (Å²) in [4.78, 5) is 0. The fraction of sp³-hybridized carbons (Fsp3) is 0.333. The first-order chi connectivity index (χ1) is 10.4. The van der Waals surface area contributed by atoms with E-state index in [0.717, 1.165) is 30.9 Å². The summed E-state index contributed by atoms with van der Waals surface area (Å²) >= 11 is 0. The van der Waals surface area contributed by atoms with Crippen molar-refractivity contribution in [3.63, 3.8) is 0 Å². The number of nitrogens with one attached hydrogen (secondary N) is 1. The van der Waals surface area contributed by atoms with E-state index in [9.17, 15) is 0 Å². The lowest BCUT2D eigenvalue weighted by Crippen LogP contribution is -2.44. The molecule has 1 fully saturated rings. The number of para-hydroxylation sites is 1. The van der Waals surface area contributed by atoms with Crippen LogP contribution in [0.2, 0.25) is 0 Å². The average molecular weight is 283 g/mol. The molecule has 21 heavy (non-hydrogen) atoms. The van der Waals surface area contributed by atoms with E-state index < -0.39 is 0 Å². The van der Waals surface area contributed by atoms with Crippen molar-refractivity contribution < 1.29 is 9.47 Å². The maximum Gasteiger partial charge on any atom is 0.124 e. The smallest absolute Gasteiger partial charge is 0.124 e. The van der Waals surface area contributed by atoms with Gasteiger partial charge in [0, 0.05) is 18.2 Å². The summed E-state index contributed by atoms with van der Waals surface area (Å²) in [6.45, 7) is 1.54. The third-order valence-corrected chi connectivity index (χ3v) is 3.90. The second-order valence-electron chi connectivity index (χ2n) is 5.36. The van der Waals surface area contributed by atoms with Gasteiger partial charge in [0.1, 0.15) is 5.75 Å². The molecule has 2 aromatic rings. The molecule has 1 aliphatic heterocycles. The first-order valence-corrected chi connectivity index (χ1v) is 7.38. The number of benzene rings is 2. The largest absolute Gasteiger partial charge is 0.496 e. The summed E-state index contributed by atoms with van der Waals surface area (Å²) < 4.78 is 11.5. The monoisotopic (exact) mass is 283 g/mol. The van der Waals surface area contributed by atoms with E-state index in [4.69, 9.17) is 9.47 Å². The van der Waals surface area contributed by atoms with Crippen molar-refractivity contribution in [2.45, 2.75) is 18.6 Å². The summed E-state index contributed by atoms with van der Waals surface area (Å²) in [7, 11) is 1.70. The van der Waals surface area contributed by atoms with Crippen molar-refractivity contribution in [2.75, 3.05) is 20.3 Å². The Hall–Kier alpha value is -1.84. The van der Waals surface area contributed by atoms with Gasteiger partial charge in [-0.1, -0.05) is 48.5 Å². The minimum absolute atomic E-state index is 0.0631. The molecule has 3 rings (SSSR count). The number of rotatable bonds is 4. The molecule has 2 unspecified atom stereocenters. The number of hydrogen-bond acceptors (Lipinski definition) is 3. The molecule has 0 aliphatic carbocycles. The van der Waals surface area contributed by atoms with Crippen molar-refractivity contribution in [3.8, 4) is 5.75 Å². The van der Waals surface area contributed by atoms with E-state index in [0.29, 0.717) is 6.04 Å². The highest BCUT2D eigenvalue weighted by Crippen LogP contribution is 2.28. The molecule has 0 saturated carbocycles. The molecule has 2 aromatic carbocycles. The third-order valence-electron chi connectivity index (χ3n) is 3.90. The third kappa shape index (κ3) is 3.43. The van der Waals surface area contributed by atoms with Crippen LogP contribution in [0.1, 0.15) is 17.2 Å². The van der Waals surface area contributed by atoms with E-state index in [-0.39, 0.29) is 6.10 Å². The zero-order valence-electron chi connectivity index (χ0n) is 12.3.